The smallest absolute Gasteiger partial charge is 0.250 e. The molecule has 4 heteroatoms. The van der Waals surface area contributed by atoms with E-state index in [2.05, 4.69) is 5.32 Å². The molecule has 0 spiro atoms. The lowest BCUT2D eigenvalue weighted by molar-refractivity contribution is -0.131. The molecular formula is C13H20N2O2. The zero-order chi connectivity index (χ0) is 12.8. The number of aliphatic hydroxyl groups excluding tert-OH is 1. The Morgan fingerprint density at radius 1 is 1.41 bits per heavy atom. The zero-order valence-corrected chi connectivity index (χ0v) is 10.3. The summed E-state index contributed by atoms with van der Waals surface area (Å²) in [5, 5.41) is 12.4. The van der Waals surface area contributed by atoms with Gasteiger partial charge in [0.05, 0.1) is 6.04 Å². The monoisotopic (exact) mass is 236 g/mol. The molecule has 4 N–H and O–H groups in total. The van der Waals surface area contributed by atoms with Crippen molar-refractivity contribution in [1.29, 1.82) is 0 Å². The summed E-state index contributed by atoms with van der Waals surface area (Å²) in [7, 11) is 0. The van der Waals surface area contributed by atoms with E-state index in [1.165, 1.54) is 0 Å². The molecule has 0 bridgehead atoms. The van der Waals surface area contributed by atoms with E-state index < -0.39 is 18.1 Å². The van der Waals surface area contributed by atoms with Crippen LogP contribution in [0.4, 0.5) is 0 Å². The van der Waals surface area contributed by atoms with Gasteiger partial charge in [-0.2, -0.15) is 0 Å². The Kier molecular flexibility index (Phi) is 5.12. The van der Waals surface area contributed by atoms with Crippen molar-refractivity contribution in [1.82, 2.24) is 5.32 Å². The molecule has 94 valence electrons. The van der Waals surface area contributed by atoms with Crippen LogP contribution in [0.5, 0.6) is 0 Å². The molecule has 1 amide bonds. The molecule has 0 saturated carbocycles. The molecule has 17 heavy (non-hydrogen) atoms. The SMILES string of the molecule is CC[C@H](N)C(O)C(=O)N[C@@H](C)c1ccccc1. The van der Waals surface area contributed by atoms with Gasteiger partial charge in [0, 0.05) is 6.04 Å². The number of hydrogen-bond donors (Lipinski definition) is 3. The zero-order valence-electron chi connectivity index (χ0n) is 10.3. The first-order chi connectivity index (χ1) is 8.06. The Balaban J connectivity index is 2.57. The van der Waals surface area contributed by atoms with Gasteiger partial charge in [-0.05, 0) is 18.9 Å². The molecule has 0 aliphatic rings. The fraction of sp³-hybridized carbons (Fsp3) is 0.462. The number of carbonyl (C=O) groups is 1. The van der Waals surface area contributed by atoms with Crippen LogP contribution in [0, 0.1) is 0 Å². The van der Waals surface area contributed by atoms with Crippen LogP contribution in [0.15, 0.2) is 30.3 Å². The van der Waals surface area contributed by atoms with Gasteiger partial charge >= 0.3 is 0 Å². The van der Waals surface area contributed by atoms with Crippen molar-refractivity contribution >= 4 is 5.91 Å². The lowest BCUT2D eigenvalue weighted by Crippen LogP contribution is -2.46. The number of nitrogens with two attached hydrogens (primary N) is 1. The molecule has 1 rings (SSSR count). The largest absolute Gasteiger partial charge is 0.382 e. The topological polar surface area (TPSA) is 75.3 Å². The van der Waals surface area contributed by atoms with Crippen LogP contribution in [0.2, 0.25) is 0 Å². The summed E-state index contributed by atoms with van der Waals surface area (Å²) in [5.41, 5.74) is 6.62. The number of nitrogens with one attached hydrogen (secondary N) is 1. The summed E-state index contributed by atoms with van der Waals surface area (Å²) in [6.45, 7) is 3.71. The van der Waals surface area contributed by atoms with Gasteiger partial charge in [-0.3, -0.25) is 4.79 Å². The van der Waals surface area contributed by atoms with E-state index in [1.807, 2.05) is 44.2 Å². The minimum Gasteiger partial charge on any atom is -0.382 e. The molecule has 3 atom stereocenters. The van der Waals surface area contributed by atoms with Crippen LogP contribution in [-0.4, -0.2) is 23.2 Å². The highest BCUT2D eigenvalue weighted by molar-refractivity contribution is 5.81. The summed E-state index contributed by atoms with van der Waals surface area (Å²) < 4.78 is 0. The first kappa shape index (κ1) is 13.7. The first-order valence-electron chi connectivity index (χ1n) is 5.85. The predicted molar refractivity (Wildman–Crippen MR) is 67.3 cm³/mol. The molecular weight excluding hydrogens is 216 g/mol. The Bertz CT molecular complexity index is 354. The van der Waals surface area contributed by atoms with Crippen molar-refractivity contribution in [2.75, 3.05) is 0 Å². The third kappa shape index (κ3) is 3.84. The van der Waals surface area contributed by atoms with Gasteiger partial charge < -0.3 is 16.2 Å². The van der Waals surface area contributed by atoms with Gasteiger partial charge in [-0.15, -0.1) is 0 Å². The van der Waals surface area contributed by atoms with Crippen molar-refractivity contribution in [2.45, 2.75) is 38.5 Å². The second kappa shape index (κ2) is 6.37. The summed E-state index contributed by atoms with van der Waals surface area (Å²) in [6, 6.07) is 8.94. The first-order valence-corrected chi connectivity index (χ1v) is 5.85. The van der Waals surface area contributed by atoms with E-state index in [9.17, 15) is 9.90 Å². The molecule has 0 aromatic heterocycles. The maximum absolute atomic E-state index is 11.7. The minimum absolute atomic E-state index is 0.137. The Hall–Kier alpha value is -1.39. The molecule has 0 heterocycles. The maximum Gasteiger partial charge on any atom is 0.250 e. The second-order valence-corrected chi connectivity index (χ2v) is 4.16. The average molecular weight is 236 g/mol. The molecule has 0 fully saturated rings. The van der Waals surface area contributed by atoms with Crippen LogP contribution in [0.1, 0.15) is 31.9 Å². The standard InChI is InChI=1S/C13H20N2O2/c1-3-11(14)12(16)13(17)15-9(2)10-7-5-4-6-8-10/h4-9,11-12,16H,3,14H2,1-2H3,(H,15,17)/t9-,11-,12?/m0/s1. The maximum atomic E-state index is 11.7. The van der Waals surface area contributed by atoms with Gasteiger partial charge in [0.2, 0.25) is 0 Å². The summed E-state index contributed by atoms with van der Waals surface area (Å²) in [4.78, 5) is 11.7. The highest BCUT2D eigenvalue weighted by Gasteiger charge is 2.22. The van der Waals surface area contributed by atoms with Crippen LogP contribution in [0.3, 0.4) is 0 Å². The highest BCUT2D eigenvalue weighted by atomic mass is 16.3. The van der Waals surface area contributed by atoms with E-state index in [0.29, 0.717) is 6.42 Å². The fourth-order valence-electron chi connectivity index (χ4n) is 1.54. The van der Waals surface area contributed by atoms with Crippen molar-refractivity contribution < 1.29 is 9.90 Å². The van der Waals surface area contributed by atoms with Gasteiger partial charge in [-0.1, -0.05) is 37.3 Å². The van der Waals surface area contributed by atoms with Gasteiger partial charge in [-0.25, -0.2) is 0 Å². The molecule has 1 aromatic rings. The van der Waals surface area contributed by atoms with Crippen LogP contribution in [-0.2, 0) is 4.79 Å². The number of carbonyl (C=O) groups excluding carboxylic acids is 1. The third-order valence-corrected chi connectivity index (χ3v) is 2.80. The molecule has 0 aliphatic carbocycles. The number of benzene rings is 1. The van der Waals surface area contributed by atoms with Gasteiger partial charge in [0.25, 0.3) is 5.91 Å². The number of rotatable bonds is 5. The Labute approximate surface area is 102 Å². The molecule has 4 nitrogen and oxygen atoms in total. The second-order valence-electron chi connectivity index (χ2n) is 4.16. The Morgan fingerprint density at radius 2 is 2.00 bits per heavy atom. The molecule has 1 unspecified atom stereocenters. The number of aliphatic hydroxyl groups is 1. The van der Waals surface area contributed by atoms with Crippen LogP contribution >= 0.6 is 0 Å². The van der Waals surface area contributed by atoms with Crippen molar-refractivity contribution in [3.05, 3.63) is 35.9 Å². The number of amides is 1. The third-order valence-electron chi connectivity index (χ3n) is 2.80. The van der Waals surface area contributed by atoms with Crippen LogP contribution < -0.4 is 11.1 Å². The highest BCUT2D eigenvalue weighted by Crippen LogP contribution is 2.11. The van der Waals surface area contributed by atoms with E-state index in [4.69, 9.17) is 5.73 Å². The van der Waals surface area contributed by atoms with Crippen molar-refractivity contribution in [2.24, 2.45) is 5.73 Å². The molecule has 0 aliphatic heterocycles. The van der Waals surface area contributed by atoms with Crippen molar-refractivity contribution in [3.8, 4) is 0 Å². The number of hydrogen-bond acceptors (Lipinski definition) is 3. The van der Waals surface area contributed by atoms with Crippen LogP contribution in [0.25, 0.3) is 0 Å². The molecule has 0 saturated heterocycles. The van der Waals surface area contributed by atoms with Crippen molar-refractivity contribution in [3.63, 3.8) is 0 Å². The van der Waals surface area contributed by atoms with E-state index in [0.717, 1.165) is 5.56 Å². The Morgan fingerprint density at radius 3 is 2.53 bits per heavy atom. The van der Waals surface area contributed by atoms with Gasteiger partial charge in [0.15, 0.2) is 0 Å². The van der Waals surface area contributed by atoms with E-state index >= 15 is 0 Å². The fourth-order valence-corrected chi connectivity index (χ4v) is 1.54. The van der Waals surface area contributed by atoms with E-state index in [-0.39, 0.29) is 6.04 Å². The minimum atomic E-state index is -1.15. The summed E-state index contributed by atoms with van der Waals surface area (Å²) in [5.74, 6) is -0.421. The normalized spacial score (nSPS) is 16.0. The average Bonchev–Trinajstić information content (AvgIpc) is 2.37. The van der Waals surface area contributed by atoms with E-state index in [1.54, 1.807) is 0 Å². The summed E-state index contributed by atoms with van der Waals surface area (Å²) in [6.07, 6.45) is -0.583. The molecule has 1 aromatic carbocycles. The predicted octanol–water partition coefficient (Wildman–Crippen LogP) is 0.962. The quantitative estimate of drug-likeness (QED) is 0.713. The lowest BCUT2D eigenvalue weighted by Gasteiger charge is -2.20. The molecule has 0 radical (unpaired) electrons. The van der Waals surface area contributed by atoms with Gasteiger partial charge in [0.1, 0.15) is 6.10 Å². The summed E-state index contributed by atoms with van der Waals surface area (Å²) >= 11 is 0. The lowest BCUT2D eigenvalue weighted by atomic mass is 10.1.